The van der Waals surface area contributed by atoms with Gasteiger partial charge in [-0.1, -0.05) is 18.0 Å². The van der Waals surface area contributed by atoms with Gasteiger partial charge in [0.05, 0.1) is 25.5 Å². The van der Waals surface area contributed by atoms with Crippen molar-refractivity contribution in [3.05, 3.63) is 52.5 Å². The van der Waals surface area contributed by atoms with Crippen molar-refractivity contribution in [2.45, 2.75) is 37.8 Å². The summed E-state index contributed by atoms with van der Waals surface area (Å²) in [5.74, 6) is 1.03. The van der Waals surface area contributed by atoms with E-state index in [-0.39, 0.29) is 17.7 Å². The standard InChI is InChI=1S/C23H26ClN5O3/c1-31-18-12-16(20(30)14-6-8-15(24)9-7-14)17(13-19(18)32-2)29-22(26)27-21(25)28-23(29)10-4-3-5-11-23/h6-9,12-13H,3-5,10-11H2,1-2H3,(H4,25,26,27,28). The summed E-state index contributed by atoms with van der Waals surface area (Å²) in [5.41, 5.74) is 13.1. The lowest BCUT2D eigenvalue weighted by Gasteiger charge is -2.46. The van der Waals surface area contributed by atoms with Crippen molar-refractivity contribution in [2.24, 2.45) is 21.5 Å². The number of carbonyl (C=O) groups is 1. The molecular formula is C23H26ClN5O3. The number of halogens is 1. The molecule has 9 heteroatoms. The van der Waals surface area contributed by atoms with Crippen molar-refractivity contribution in [1.29, 1.82) is 0 Å². The minimum absolute atomic E-state index is 0.145. The average Bonchev–Trinajstić information content (AvgIpc) is 2.78. The zero-order valence-corrected chi connectivity index (χ0v) is 18.9. The minimum Gasteiger partial charge on any atom is -0.493 e. The molecule has 0 bridgehead atoms. The number of hydrogen-bond donors (Lipinski definition) is 2. The summed E-state index contributed by atoms with van der Waals surface area (Å²) in [6.07, 6.45) is 4.52. The van der Waals surface area contributed by atoms with E-state index in [1.54, 1.807) is 43.5 Å². The Labute approximate surface area is 191 Å². The van der Waals surface area contributed by atoms with Crippen molar-refractivity contribution >= 4 is 35.0 Å². The second-order valence-electron chi connectivity index (χ2n) is 7.88. The van der Waals surface area contributed by atoms with Gasteiger partial charge in [-0.05, 0) is 56.0 Å². The molecule has 2 aromatic carbocycles. The topological polar surface area (TPSA) is 116 Å². The van der Waals surface area contributed by atoms with Crippen LogP contribution >= 0.6 is 11.6 Å². The lowest BCUT2D eigenvalue weighted by atomic mass is 9.86. The second-order valence-corrected chi connectivity index (χ2v) is 8.32. The molecule has 0 saturated heterocycles. The summed E-state index contributed by atoms with van der Waals surface area (Å²) < 4.78 is 11.0. The van der Waals surface area contributed by atoms with E-state index in [0.717, 1.165) is 32.1 Å². The van der Waals surface area contributed by atoms with Gasteiger partial charge in [-0.25, -0.2) is 4.99 Å². The first-order valence-electron chi connectivity index (χ1n) is 10.4. The van der Waals surface area contributed by atoms with Gasteiger partial charge in [0.2, 0.25) is 11.9 Å². The van der Waals surface area contributed by atoms with E-state index >= 15 is 0 Å². The molecule has 0 atom stereocenters. The number of anilines is 1. The molecule has 2 aliphatic rings. The van der Waals surface area contributed by atoms with Crippen molar-refractivity contribution in [2.75, 3.05) is 19.1 Å². The van der Waals surface area contributed by atoms with Crippen molar-refractivity contribution < 1.29 is 14.3 Å². The summed E-state index contributed by atoms with van der Waals surface area (Å²) in [7, 11) is 3.07. The molecule has 4 rings (SSSR count). The Hall–Kier alpha value is -3.26. The molecule has 4 N–H and O–H groups in total. The number of methoxy groups -OCH3 is 2. The predicted molar refractivity (Wildman–Crippen MR) is 126 cm³/mol. The van der Waals surface area contributed by atoms with Crippen molar-refractivity contribution in [1.82, 2.24) is 0 Å². The van der Waals surface area contributed by atoms with Crippen molar-refractivity contribution in [3.8, 4) is 11.5 Å². The number of nitrogens with two attached hydrogens (primary N) is 2. The molecule has 1 aliphatic heterocycles. The highest BCUT2D eigenvalue weighted by atomic mass is 35.5. The number of guanidine groups is 2. The third-order valence-corrected chi connectivity index (χ3v) is 6.20. The van der Waals surface area contributed by atoms with E-state index in [0.29, 0.717) is 33.3 Å². The molecule has 32 heavy (non-hydrogen) atoms. The van der Waals surface area contributed by atoms with E-state index in [1.165, 1.54) is 7.11 Å². The Balaban J connectivity index is 1.93. The minimum atomic E-state index is -0.706. The zero-order valence-electron chi connectivity index (χ0n) is 18.1. The SMILES string of the molecule is COc1cc(C(=O)c2ccc(Cl)cc2)c(N2C(N)=NC(N)=NC23CCCCC3)cc1OC. The van der Waals surface area contributed by atoms with Crippen LogP contribution in [-0.4, -0.2) is 37.6 Å². The number of aliphatic imine (C=N–C) groups is 2. The smallest absolute Gasteiger partial charge is 0.220 e. The molecule has 1 spiro atoms. The van der Waals surface area contributed by atoms with Gasteiger partial charge in [-0.2, -0.15) is 4.99 Å². The van der Waals surface area contributed by atoms with Gasteiger partial charge < -0.3 is 20.9 Å². The maximum Gasteiger partial charge on any atom is 0.220 e. The first-order valence-corrected chi connectivity index (χ1v) is 10.8. The number of benzene rings is 2. The highest BCUT2D eigenvalue weighted by Crippen LogP contribution is 2.44. The molecule has 1 fully saturated rings. The fourth-order valence-electron chi connectivity index (χ4n) is 4.46. The summed E-state index contributed by atoms with van der Waals surface area (Å²) >= 11 is 6.02. The van der Waals surface area contributed by atoms with E-state index in [1.807, 2.05) is 4.90 Å². The number of ketones is 1. The Kier molecular flexibility index (Phi) is 5.97. The Morgan fingerprint density at radius 2 is 1.66 bits per heavy atom. The largest absolute Gasteiger partial charge is 0.493 e. The fourth-order valence-corrected chi connectivity index (χ4v) is 4.59. The average molecular weight is 456 g/mol. The van der Waals surface area contributed by atoms with Crippen LogP contribution < -0.4 is 25.8 Å². The number of ether oxygens (including phenoxy) is 2. The summed E-state index contributed by atoms with van der Waals surface area (Å²) in [5, 5.41) is 0.549. The molecule has 1 heterocycles. The summed E-state index contributed by atoms with van der Waals surface area (Å²) in [6.45, 7) is 0. The second kappa shape index (κ2) is 8.70. The van der Waals surface area contributed by atoms with Crippen LogP contribution in [0.25, 0.3) is 0 Å². The van der Waals surface area contributed by atoms with Gasteiger partial charge in [0.25, 0.3) is 0 Å². The number of rotatable bonds is 5. The van der Waals surface area contributed by atoms with Crippen LogP contribution in [0, 0.1) is 0 Å². The lowest BCUT2D eigenvalue weighted by Crippen LogP contribution is -2.58. The maximum atomic E-state index is 13.6. The molecule has 8 nitrogen and oxygen atoms in total. The molecular weight excluding hydrogens is 430 g/mol. The molecule has 2 aromatic rings. The van der Waals surface area contributed by atoms with Gasteiger partial charge in [0.1, 0.15) is 5.66 Å². The molecule has 0 radical (unpaired) electrons. The Morgan fingerprint density at radius 3 is 2.28 bits per heavy atom. The molecule has 168 valence electrons. The van der Waals surface area contributed by atoms with Crippen LogP contribution in [0.5, 0.6) is 11.5 Å². The first kappa shape index (κ1) is 22.0. The van der Waals surface area contributed by atoms with Crippen LogP contribution in [0.3, 0.4) is 0 Å². The number of nitrogens with zero attached hydrogens (tertiary/aromatic N) is 3. The van der Waals surface area contributed by atoms with Crippen molar-refractivity contribution in [3.63, 3.8) is 0 Å². The van der Waals surface area contributed by atoms with Gasteiger partial charge in [0.15, 0.2) is 17.3 Å². The van der Waals surface area contributed by atoms with Gasteiger partial charge >= 0.3 is 0 Å². The fraction of sp³-hybridized carbons (Fsp3) is 0.348. The lowest BCUT2D eigenvalue weighted by molar-refractivity contribution is 0.103. The van der Waals surface area contributed by atoms with Gasteiger partial charge in [0, 0.05) is 16.7 Å². The van der Waals surface area contributed by atoms with Crippen LogP contribution in [0.15, 0.2) is 46.4 Å². The zero-order chi connectivity index (χ0) is 22.9. The van der Waals surface area contributed by atoms with E-state index in [9.17, 15) is 4.79 Å². The predicted octanol–water partition coefficient (Wildman–Crippen LogP) is 3.70. The van der Waals surface area contributed by atoms with Crippen LogP contribution in [0.2, 0.25) is 5.02 Å². The Morgan fingerprint density at radius 1 is 1.03 bits per heavy atom. The molecule has 0 unspecified atom stereocenters. The van der Waals surface area contributed by atoms with Crippen LogP contribution in [0.4, 0.5) is 5.69 Å². The highest BCUT2D eigenvalue weighted by Gasteiger charge is 2.44. The van der Waals surface area contributed by atoms with E-state index in [2.05, 4.69) is 4.99 Å². The maximum absolute atomic E-state index is 13.6. The Bertz CT molecular complexity index is 1090. The van der Waals surface area contributed by atoms with E-state index in [4.69, 9.17) is 37.5 Å². The summed E-state index contributed by atoms with van der Waals surface area (Å²) in [4.78, 5) is 24.4. The van der Waals surface area contributed by atoms with Gasteiger partial charge in [-0.15, -0.1) is 0 Å². The first-order chi connectivity index (χ1) is 15.4. The number of hydrogen-bond acceptors (Lipinski definition) is 8. The quantitative estimate of drug-likeness (QED) is 0.664. The monoisotopic (exact) mass is 455 g/mol. The summed E-state index contributed by atoms with van der Waals surface area (Å²) in [6, 6.07) is 10.1. The van der Waals surface area contributed by atoms with Crippen LogP contribution in [-0.2, 0) is 0 Å². The molecule has 1 aliphatic carbocycles. The third kappa shape index (κ3) is 3.86. The third-order valence-electron chi connectivity index (χ3n) is 5.95. The molecule has 1 saturated carbocycles. The van der Waals surface area contributed by atoms with E-state index < -0.39 is 5.66 Å². The number of carbonyl (C=O) groups excluding carboxylic acids is 1. The van der Waals surface area contributed by atoms with Crippen LogP contribution in [0.1, 0.15) is 48.0 Å². The molecule has 0 aromatic heterocycles. The molecule has 0 amide bonds. The highest BCUT2D eigenvalue weighted by molar-refractivity contribution is 6.30. The normalized spacial score (nSPS) is 17.5. The van der Waals surface area contributed by atoms with Gasteiger partial charge in [-0.3, -0.25) is 9.69 Å².